The number of nitrogens with one attached hydrogen (secondary N) is 3. The zero-order valence-corrected chi connectivity index (χ0v) is 64.5. The molecule has 0 spiro atoms. The Labute approximate surface area is 645 Å². The number of carboxylic acid groups (broad SMARTS) is 1. The Morgan fingerprint density at radius 3 is 1.50 bits per heavy atom. The Kier molecular flexibility index (Phi) is 23.5. The van der Waals surface area contributed by atoms with Crippen molar-refractivity contribution in [2.75, 3.05) is 84.0 Å². The number of sulfonamides is 2. The van der Waals surface area contributed by atoms with E-state index < -0.39 is 55.6 Å². The maximum absolute atomic E-state index is 13.8. The largest absolute Gasteiger partial charge is 0.492 e. The zero-order valence-electron chi connectivity index (χ0n) is 62.8. The molecule has 6 saturated heterocycles. The van der Waals surface area contributed by atoms with E-state index in [1.807, 2.05) is 37.5 Å². The fraction of sp³-hybridized carbons (Fsp3) is 0.519. The summed E-state index contributed by atoms with van der Waals surface area (Å²) in [6.07, 6.45) is 10.8. The van der Waals surface area contributed by atoms with E-state index in [-0.39, 0.29) is 108 Å². The average Bonchev–Trinajstić information content (AvgIpc) is 1.16. The number of fused-ring (bicyclic) bond motifs is 3. The van der Waals surface area contributed by atoms with Crippen molar-refractivity contribution in [3.05, 3.63) is 136 Å². The maximum atomic E-state index is 13.8. The number of carbonyl (C=O) groups excluding carboxylic acids is 6. The number of carbonyl (C=O) groups is 7. The van der Waals surface area contributed by atoms with E-state index in [0.717, 1.165) is 94.1 Å². The molecule has 2 atom stereocenters. The van der Waals surface area contributed by atoms with Crippen molar-refractivity contribution in [1.82, 2.24) is 58.3 Å². The predicted molar refractivity (Wildman–Crippen MR) is 407 cm³/mol. The van der Waals surface area contributed by atoms with Crippen molar-refractivity contribution < 1.29 is 74.5 Å². The van der Waals surface area contributed by atoms with E-state index in [2.05, 4.69) is 30.7 Å². The number of hydrogen-bond acceptors (Lipinski definition) is 21. The van der Waals surface area contributed by atoms with Crippen LogP contribution >= 0.6 is 0 Å². The lowest BCUT2D eigenvalue weighted by atomic mass is 9.98. The Bertz CT molecular complexity index is 4810. The van der Waals surface area contributed by atoms with E-state index in [0.29, 0.717) is 124 Å². The number of rotatable bonds is 22. The van der Waals surface area contributed by atoms with Gasteiger partial charge in [-0.05, 0) is 152 Å². The molecule has 1 saturated carbocycles. The molecule has 30 nitrogen and oxygen atoms in total. The van der Waals surface area contributed by atoms with Crippen LogP contribution in [-0.2, 0) is 52.3 Å². The Hall–Kier alpha value is -9.60. The molecule has 1 aliphatic carbocycles. The monoisotopic (exact) mass is 1560 g/mol. The highest BCUT2D eigenvalue weighted by Gasteiger charge is 2.44. The second-order valence-corrected chi connectivity index (χ2v) is 34.9. The number of nitrogens with zero attached hydrogens (tertiary/aromatic N) is 10. The first kappa shape index (κ1) is 78.1. The molecule has 592 valence electrons. The molecule has 2 aromatic heterocycles. The lowest BCUT2D eigenvalue weighted by Gasteiger charge is -2.43. The summed E-state index contributed by atoms with van der Waals surface area (Å²) in [5.74, 6) is 0.705. The van der Waals surface area contributed by atoms with Gasteiger partial charge in [0.1, 0.15) is 66.2 Å². The van der Waals surface area contributed by atoms with Gasteiger partial charge in [0.25, 0.3) is 17.4 Å². The highest BCUT2D eigenvalue weighted by atomic mass is 32.2. The van der Waals surface area contributed by atoms with Crippen LogP contribution < -0.4 is 40.5 Å². The standard InChI is InChI=1S/C43H50N8O8S.C36H47N5O9S/c52-38-13-12-36(41(54)46-38)50-27-35-34(42(50)55)9-4-10-37(35)58-24-23-48-19-17-31(18-20-48)59-32-7-3-8-33(25-32)60(56,57)49-21-15-29(16-22-49)45-43-44-26-28-11-14-39(53)51(40(28)47-43)30-5-1-2-6-30;1-36(2,3)41(35(45)46)24-12-18-39(19-13-24)51(47,48)27-7-4-6-26(22-27)50-25-14-16-38(17-15-25)20-21-49-31-9-5-8-28-29(31)23-40(34(28)44)30-10-11-32(42)37-33(30)43/h3-4,7-11,14,25-26,29-31,36H,1-2,5-6,12-13,15-24,27H2,(H,44,45,47)(H,46,52,54);4-9,22,24-25,30H,10-21,23H2,1-3H3,(H,45,46)(H,37,42,43). The molecule has 7 amide bonds. The van der Waals surface area contributed by atoms with Crippen molar-refractivity contribution >= 4 is 78.6 Å². The lowest BCUT2D eigenvalue weighted by molar-refractivity contribution is -0.138. The normalized spacial score (nSPS) is 21.4. The number of piperidine rings is 6. The van der Waals surface area contributed by atoms with Gasteiger partial charge in [-0.15, -0.1) is 0 Å². The molecule has 32 heteroatoms. The molecular formula is C79H97N13O17S2. The van der Waals surface area contributed by atoms with Gasteiger partial charge in [0.05, 0.1) is 22.9 Å². The molecule has 6 aromatic rings. The number of benzene rings is 4. The molecule has 8 aliphatic heterocycles. The van der Waals surface area contributed by atoms with Crippen LogP contribution in [0.25, 0.3) is 11.0 Å². The molecule has 10 heterocycles. The molecule has 4 aromatic carbocycles. The number of aromatic nitrogens is 3. The average molecular weight is 1560 g/mol. The predicted octanol–water partition coefficient (Wildman–Crippen LogP) is 7.16. The molecule has 15 rings (SSSR count). The smallest absolute Gasteiger partial charge is 0.407 e. The second-order valence-electron chi connectivity index (χ2n) is 31.1. The summed E-state index contributed by atoms with van der Waals surface area (Å²) in [7, 11) is -7.53. The quantitative estimate of drug-likeness (QED) is 0.0490. The van der Waals surface area contributed by atoms with Gasteiger partial charge < -0.3 is 44.1 Å². The third kappa shape index (κ3) is 17.5. The van der Waals surface area contributed by atoms with Crippen LogP contribution in [0, 0.1) is 0 Å². The number of pyridine rings is 1. The minimum absolute atomic E-state index is 0.0149. The highest BCUT2D eigenvalue weighted by molar-refractivity contribution is 7.89. The summed E-state index contributed by atoms with van der Waals surface area (Å²) in [5.41, 5.74) is 2.55. The van der Waals surface area contributed by atoms with E-state index >= 15 is 0 Å². The number of ether oxygens (including phenoxy) is 4. The lowest BCUT2D eigenvalue weighted by Crippen LogP contribution is -2.55. The van der Waals surface area contributed by atoms with Gasteiger partial charge in [-0.1, -0.05) is 37.1 Å². The number of amides is 7. The molecule has 2 unspecified atom stereocenters. The van der Waals surface area contributed by atoms with E-state index in [4.69, 9.17) is 23.9 Å². The van der Waals surface area contributed by atoms with Crippen molar-refractivity contribution in [2.24, 2.45) is 0 Å². The van der Waals surface area contributed by atoms with Crippen LogP contribution in [0.5, 0.6) is 23.0 Å². The van der Waals surface area contributed by atoms with Gasteiger partial charge >= 0.3 is 6.09 Å². The van der Waals surface area contributed by atoms with Crippen molar-refractivity contribution in [2.45, 2.75) is 194 Å². The third-order valence-electron chi connectivity index (χ3n) is 22.8. The Morgan fingerprint density at radius 2 is 1.05 bits per heavy atom. The number of likely N-dealkylation sites (tertiary alicyclic amines) is 2. The second kappa shape index (κ2) is 33.4. The fourth-order valence-electron chi connectivity index (χ4n) is 16.9. The molecule has 111 heavy (non-hydrogen) atoms. The Morgan fingerprint density at radius 1 is 0.577 bits per heavy atom. The first-order valence-electron chi connectivity index (χ1n) is 38.8. The molecular weight excluding hydrogens is 1470 g/mol. The van der Waals surface area contributed by atoms with E-state index in [1.54, 1.807) is 91.1 Å². The van der Waals surface area contributed by atoms with E-state index in [9.17, 15) is 60.3 Å². The Balaban J connectivity index is 0.000000187. The summed E-state index contributed by atoms with van der Waals surface area (Å²) in [6, 6.07) is 26.0. The van der Waals surface area contributed by atoms with Crippen LogP contribution in [0.2, 0.25) is 0 Å². The summed E-state index contributed by atoms with van der Waals surface area (Å²) < 4.78 is 84.4. The van der Waals surface area contributed by atoms with Crippen molar-refractivity contribution in [3.8, 4) is 23.0 Å². The van der Waals surface area contributed by atoms with Gasteiger partial charge in [-0.3, -0.25) is 58.6 Å². The van der Waals surface area contributed by atoms with Gasteiger partial charge in [0.15, 0.2) is 0 Å². The van der Waals surface area contributed by atoms with Gasteiger partial charge in [-0.2, -0.15) is 13.6 Å². The maximum Gasteiger partial charge on any atom is 0.407 e. The molecule has 0 radical (unpaired) electrons. The molecule has 7 fully saturated rings. The topological polar surface area (TPSA) is 351 Å². The van der Waals surface area contributed by atoms with Gasteiger partial charge in [0.2, 0.25) is 49.6 Å². The van der Waals surface area contributed by atoms with E-state index in [1.165, 1.54) is 23.3 Å². The van der Waals surface area contributed by atoms with Crippen LogP contribution in [0.4, 0.5) is 10.7 Å². The van der Waals surface area contributed by atoms with Crippen LogP contribution in [0.1, 0.15) is 161 Å². The molecule has 4 N–H and O–H groups in total. The first-order chi connectivity index (χ1) is 53.3. The molecule has 9 aliphatic rings. The number of imide groups is 2. The first-order valence-corrected chi connectivity index (χ1v) is 41.6. The summed E-state index contributed by atoms with van der Waals surface area (Å²) >= 11 is 0. The molecule has 0 bridgehead atoms. The summed E-state index contributed by atoms with van der Waals surface area (Å²) in [5, 5.41) is 18.6. The fourth-order valence-corrected chi connectivity index (χ4v) is 19.9. The van der Waals surface area contributed by atoms with Crippen LogP contribution in [-0.4, -0.2) is 232 Å². The van der Waals surface area contributed by atoms with Gasteiger partial charge in [-0.25, -0.2) is 26.6 Å². The van der Waals surface area contributed by atoms with Gasteiger partial charge in [0, 0.05) is 154 Å². The summed E-state index contributed by atoms with van der Waals surface area (Å²) in [6.45, 7) is 12.5. The third-order valence-corrected chi connectivity index (χ3v) is 26.6. The van der Waals surface area contributed by atoms with Crippen molar-refractivity contribution in [1.29, 1.82) is 0 Å². The SMILES string of the molecule is CC(C)(C)N(C(=O)O)C1CCN(S(=O)(=O)c2cccc(OC3CCN(CCOc4cccc5c4CN(C4CCC(=O)NC4=O)C5=O)CC3)c2)CC1.O=C1CCC(N2Cc3c(OCCN4CCC(Oc5cccc(S(=O)(=O)N6CCC(Nc7ncc8ccc(=O)n(C9CCCC9)c8n7)CC6)c5)CC4)cccc3C2=O)C(=O)N1. The minimum atomic E-state index is -3.78. The van der Waals surface area contributed by atoms with Crippen molar-refractivity contribution in [3.63, 3.8) is 0 Å². The zero-order chi connectivity index (χ0) is 77.9. The number of hydrogen-bond donors (Lipinski definition) is 4. The highest BCUT2D eigenvalue weighted by Crippen LogP contribution is 2.38. The summed E-state index contributed by atoms with van der Waals surface area (Å²) in [4.78, 5) is 118. The van der Waals surface area contributed by atoms with Crippen LogP contribution in [0.15, 0.2) is 118 Å². The minimum Gasteiger partial charge on any atom is -0.492 e. The van der Waals surface area contributed by atoms with Crippen LogP contribution in [0.3, 0.4) is 0 Å². The number of anilines is 1.